The molecule has 1 saturated heterocycles. The van der Waals surface area contributed by atoms with Crippen molar-refractivity contribution < 1.29 is 9.59 Å². The Labute approximate surface area is 146 Å². The predicted molar refractivity (Wildman–Crippen MR) is 92.0 cm³/mol. The molecule has 0 N–H and O–H groups in total. The van der Waals surface area contributed by atoms with Crippen LogP contribution in [0.1, 0.15) is 31.4 Å². The van der Waals surface area contributed by atoms with Crippen molar-refractivity contribution in [2.24, 2.45) is 0 Å². The largest absolute Gasteiger partial charge is 0.339 e. The number of carbonyl (C=O) groups is 2. The van der Waals surface area contributed by atoms with Crippen molar-refractivity contribution in [3.8, 4) is 0 Å². The minimum atomic E-state index is -0.440. The minimum Gasteiger partial charge on any atom is -0.339 e. The molecule has 7 heteroatoms. The fourth-order valence-electron chi connectivity index (χ4n) is 3.96. The second-order valence-corrected chi connectivity index (χ2v) is 6.69. The fraction of sp³-hybridized carbons (Fsp3) is 0.444. The molecule has 2 aliphatic rings. The van der Waals surface area contributed by atoms with E-state index >= 15 is 0 Å². The summed E-state index contributed by atoms with van der Waals surface area (Å²) in [5.74, 6) is -0.0654. The quantitative estimate of drug-likeness (QED) is 0.830. The van der Waals surface area contributed by atoms with E-state index in [1.165, 1.54) is 13.3 Å². The number of para-hydroxylation sites is 1. The van der Waals surface area contributed by atoms with E-state index < -0.39 is 6.04 Å². The van der Waals surface area contributed by atoms with Crippen molar-refractivity contribution in [2.75, 3.05) is 18.0 Å². The maximum absolute atomic E-state index is 13.2. The Morgan fingerprint density at radius 2 is 2.08 bits per heavy atom. The standard InChI is InChI=1S/C18H21N5O2/c1-13(24)23-16-7-3-2-5-14(16)9-17(23)18(25)21-8-4-6-15(10-21)22-12-19-11-20-22/h2-3,5,7,11-12,15,17H,4,6,8-10H2,1H3/t15-,17+/m1/s1. The van der Waals surface area contributed by atoms with Gasteiger partial charge in [-0.15, -0.1) is 0 Å². The van der Waals surface area contributed by atoms with Crippen LogP contribution in [0.15, 0.2) is 36.9 Å². The van der Waals surface area contributed by atoms with Gasteiger partial charge in [0.25, 0.3) is 0 Å². The number of hydrogen-bond acceptors (Lipinski definition) is 4. The second-order valence-electron chi connectivity index (χ2n) is 6.69. The van der Waals surface area contributed by atoms with Gasteiger partial charge in [-0.05, 0) is 24.5 Å². The molecule has 2 atom stereocenters. The summed E-state index contributed by atoms with van der Waals surface area (Å²) in [6.07, 6.45) is 5.71. The van der Waals surface area contributed by atoms with Gasteiger partial charge in [0.05, 0.1) is 6.04 Å². The molecule has 25 heavy (non-hydrogen) atoms. The third-order valence-electron chi connectivity index (χ3n) is 5.12. The smallest absolute Gasteiger partial charge is 0.246 e. The minimum absolute atomic E-state index is 0.0243. The van der Waals surface area contributed by atoms with Gasteiger partial charge in [0, 0.05) is 32.1 Å². The second kappa shape index (κ2) is 6.31. The molecular weight excluding hydrogens is 318 g/mol. The molecule has 7 nitrogen and oxygen atoms in total. The van der Waals surface area contributed by atoms with Crippen molar-refractivity contribution in [2.45, 2.75) is 38.3 Å². The van der Waals surface area contributed by atoms with Gasteiger partial charge in [0.15, 0.2) is 0 Å². The molecule has 0 spiro atoms. The van der Waals surface area contributed by atoms with Gasteiger partial charge in [0.1, 0.15) is 18.7 Å². The van der Waals surface area contributed by atoms with E-state index in [2.05, 4.69) is 10.1 Å². The van der Waals surface area contributed by atoms with Crippen LogP contribution in [0.25, 0.3) is 0 Å². The molecule has 130 valence electrons. The number of piperidine rings is 1. The first-order valence-electron chi connectivity index (χ1n) is 8.66. The van der Waals surface area contributed by atoms with Crippen LogP contribution in [0.4, 0.5) is 5.69 Å². The van der Waals surface area contributed by atoms with E-state index in [1.807, 2.05) is 33.8 Å². The molecule has 2 aliphatic heterocycles. The number of nitrogens with zero attached hydrogens (tertiary/aromatic N) is 5. The first-order valence-corrected chi connectivity index (χ1v) is 8.66. The van der Waals surface area contributed by atoms with Gasteiger partial charge in [-0.3, -0.25) is 14.5 Å². The van der Waals surface area contributed by atoms with Crippen molar-refractivity contribution in [1.29, 1.82) is 0 Å². The van der Waals surface area contributed by atoms with Gasteiger partial charge in [-0.25, -0.2) is 9.67 Å². The highest BCUT2D eigenvalue weighted by molar-refractivity contribution is 6.02. The SMILES string of the molecule is CC(=O)N1c2ccccc2C[C@H]1C(=O)N1CCC[C@@H](n2cncn2)C1. The number of benzene rings is 1. The maximum atomic E-state index is 13.2. The zero-order valence-corrected chi connectivity index (χ0v) is 14.2. The van der Waals surface area contributed by atoms with Crippen LogP contribution < -0.4 is 4.90 Å². The topological polar surface area (TPSA) is 71.3 Å². The monoisotopic (exact) mass is 339 g/mol. The lowest BCUT2D eigenvalue weighted by atomic mass is 10.0. The molecule has 0 aliphatic carbocycles. The summed E-state index contributed by atoms with van der Waals surface area (Å²) in [6.45, 7) is 2.86. The van der Waals surface area contributed by atoms with Crippen LogP contribution in [0.2, 0.25) is 0 Å². The molecular formula is C18H21N5O2. The summed E-state index contributed by atoms with van der Waals surface area (Å²) < 4.78 is 1.82. The summed E-state index contributed by atoms with van der Waals surface area (Å²) in [6, 6.07) is 7.47. The van der Waals surface area contributed by atoms with Gasteiger partial charge in [0.2, 0.25) is 11.8 Å². The predicted octanol–water partition coefficient (Wildman–Crippen LogP) is 1.42. The van der Waals surface area contributed by atoms with Crippen molar-refractivity contribution in [1.82, 2.24) is 19.7 Å². The van der Waals surface area contributed by atoms with Crippen molar-refractivity contribution >= 4 is 17.5 Å². The summed E-state index contributed by atoms with van der Waals surface area (Å²) >= 11 is 0. The molecule has 0 radical (unpaired) electrons. The molecule has 0 bridgehead atoms. The fourth-order valence-corrected chi connectivity index (χ4v) is 3.96. The highest BCUT2D eigenvalue weighted by Crippen LogP contribution is 2.33. The first kappa shape index (κ1) is 15.8. The third-order valence-corrected chi connectivity index (χ3v) is 5.12. The summed E-state index contributed by atoms with van der Waals surface area (Å²) in [4.78, 5) is 32.9. The van der Waals surface area contributed by atoms with E-state index in [0.29, 0.717) is 13.0 Å². The number of amides is 2. The van der Waals surface area contributed by atoms with Crippen LogP contribution in [-0.2, 0) is 16.0 Å². The number of likely N-dealkylation sites (tertiary alicyclic amines) is 1. The van der Waals surface area contributed by atoms with Crippen LogP contribution >= 0.6 is 0 Å². The Kier molecular flexibility index (Phi) is 3.99. The lowest BCUT2D eigenvalue weighted by molar-refractivity contribution is -0.135. The van der Waals surface area contributed by atoms with Gasteiger partial charge in [-0.2, -0.15) is 5.10 Å². The first-order chi connectivity index (χ1) is 12.1. The Morgan fingerprint density at radius 3 is 2.84 bits per heavy atom. The molecule has 1 aromatic carbocycles. The molecule has 0 unspecified atom stereocenters. The van der Waals surface area contributed by atoms with E-state index in [-0.39, 0.29) is 17.9 Å². The van der Waals surface area contributed by atoms with E-state index in [9.17, 15) is 9.59 Å². The normalized spacial score (nSPS) is 22.8. The average molecular weight is 339 g/mol. The molecule has 2 aromatic rings. The molecule has 1 aromatic heterocycles. The van der Waals surface area contributed by atoms with Gasteiger partial charge >= 0.3 is 0 Å². The number of aromatic nitrogens is 3. The molecule has 0 saturated carbocycles. The third kappa shape index (κ3) is 2.79. The molecule has 2 amide bonds. The van der Waals surface area contributed by atoms with E-state index in [4.69, 9.17) is 0 Å². The zero-order chi connectivity index (χ0) is 17.4. The Morgan fingerprint density at radius 1 is 1.24 bits per heavy atom. The average Bonchev–Trinajstić information content (AvgIpc) is 3.28. The van der Waals surface area contributed by atoms with Crippen LogP contribution in [-0.4, -0.2) is 50.6 Å². The van der Waals surface area contributed by atoms with Crippen LogP contribution in [0.3, 0.4) is 0 Å². The molecule has 3 heterocycles. The number of hydrogen-bond donors (Lipinski definition) is 0. The summed E-state index contributed by atoms with van der Waals surface area (Å²) in [5, 5.41) is 4.21. The van der Waals surface area contributed by atoms with Crippen molar-refractivity contribution in [3.63, 3.8) is 0 Å². The summed E-state index contributed by atoms with van der Waals surface area (Å²) in [5.41, 5.74) is 1.92. The van der Waals surface area contributed by atoms with E-state index in [0.717, 1.165) is 30.6 Å². The molecule has 1 fully saturated rings. The maximum Gasteiger partial charge on any atom is 0.246 e. The number of rotatable bonds is 2. The molecule has 4 rings (SSSR count). The Hall–Kier alpha value is -2.70. The summed E-state index contributed by atoms with van der Waals surface area (Å²) in [7, 11) is 0. The lowest BCUT2D eigenvalue weighted by Gasteiger charge is -2.36. The van der Waals surface area contributed by atoms with Crippen LogP contribution in [0.5, 0.6) is 0 Å². The lowest BCUT2D eigenvalue weighted by Crippen LogP contribution is -2.52. The van der Waals surface area contributed by atoms with Gasteiger partial charge in [-0.1, -0.05) is 18.2 Å². The number of fused-ring (bicyclic) bond motifs is 1. The number of carbonyl (C=O) groups excluding carboxylic acids is 2. The van der Waals surface area contributed by atoms with Crippen molar-refractivity contribution in [3.05, 3.63) is 42.5 Å². The van der Waals surface area contributed by atoms with Crippen LogP contribution in [0, 0.1) is 0 Å². The highest BCUT2D eigenvalue weighted by Gasteiger charge is 2.40. The highest BCUT2D eigenvalue weighted by atomic mass is 16.2. The van der Waals surface area contributed by atoms with Gasteiger partial charge < -0.3 is 4.90 Å². The Balaban J connectivity index is 1.55. The number of anilines is 1. The van der Waals surface area contributed by atoms with E-state index in [1.54, 1.807) is 11.2 Å². The zero-order valence-electron chi connectivity index (χ0n) is 14.2. The Bertz CT molecular complexity index is 789.